The SMILES string of the molecule is CCC[CH2][Sn]([CH2]CCC)([CH2]CCC)[CH](CC)S(=O)(=O)c1ccc(C)cc1. The fourth-order valence-electron chi connectivity index (χ4n) is 4.32. The van der Waals surface area contributed by atoms with Gasteiger partial charge in [0.25, 0.3) is 0 Å². The van der Waals surface area contributed by atoms with Crippen LogP contribution in [0.3, 0.4) is 0 Å². The maximum absolute atomic E-state index is 13.7. The molecule has 1 aromatic carbocycles. The molecule has 1 unspecified atom stereocenters. The minimum atomic E-state index is -3.22. The van der Waals surface area contributed by atoms with Gasteiger partial charge in [0.2, 0.25) is 0 Å². The molecule has 0 heterocycles. The molecule has 0 aromatic heterocycles. The molecule has 1 aromatic rings. The number of hydrogen-bond donors (Lipinski definition) is 0. The molecular weight excluding hydrogens is 447 g/mol. The minimum absolute atomic E-state index is 0.0656. The van der Waals surface area contributed by atoms with Gasteiger partial charge in [-0.3, -0.25) is 0 Å². The van der Waals surface area contributed by atoms with E-state index in [9.17, 15) is 8.42 Å². The average Bonchev–Trinajstić information content (AvgIpc) is 2.63. The Morgan fingerprint density at radius 2 is 1.23 bits per heavy atom. The first kappa shape index (κ1) is 24.0. The monoisotopic (exact) mass is 488 g/mol. The molecule has 4 heteroatoms. The van der Waals surface area contributed by atoms with Crippen molar-refractivity contribution < 1.29 is 8.42 Å². The molecule has 1 rings (SSSR count). The molecule has 150 valence electrons. The molecular formula is C22H40O2SSn. The zero-order chi connectivity index (χ0) is 19.6. The van der Waals surface area contributed by atoms with E-state index < -0.39 is 28.2 Å². The van der Waals surface area contributed by atoms with E-state index in [2.05, 4.69) is 27.7 Å². The van der Waals surface area contributed by atoms with Gasteiger partial charge in [0.15, 0.2) is 0 Å². The van der Waals surface area contributed by atoms with Gasteiger partial charge in [0.1, 0.15) is 0 Å². The quantitative estimate of drug-likeness (QED) is 0.283. The first-order valence-corrected chi connectivity index (χ1v) is 19.9. The summed E-state index contributed by atoms with van der Waals surface area (Å²) in [6.45, 7) is 10.9. The van der Waals surface area contributed by atoms with Crippen molar-refractivity contribution in [3.63, 3.8) is 0 Å². The fourth-order valence-corrected chi connectivity index (χ4v) is 31.9. The van der Waals surface area contributed by atoms with Crippen LogP contribution in [0.5, 0.6) is 0 Å². The summed E-state index contributed by atoms with van der Waals surface area (Å²) in [6.07, 6.45) is 7.97. The van der Waals surface area contributed by atoms with Crippen LogP contribution in [0.4, 0.5) is 0 Å². The second-order valence-corrected chi connectivity index (χ2v) is 25.3. The molecule has 0 fully saturated rings. The second kappa shape index (κ2) is 11.7. The van der Waals surface area contributed by atoms with Gasteiger partial charge >= 0.3 is 167 Å². The maximum atomic E-state index is 13.7. The van der Waals surface area contributed by atoms with E-state index in [1.165, 1.54) is 51.8 Å². The van der Waals surface area contributed by atoms with Gasteiger partial charge in [-0.05, 0) is 0 Å². The number of benzene rings is 1. The van der Waals surface area contributed by atoms with Crippen molar-refractivity contribution in [2.75, 3.05) is 0 Å². The zero-order valence-corrected chi connectivity index (χ0v) is 21.4. The molecule has 2 nitrogen and oxygen atoms in total. The first-order valence-electron chi connectivity index (χ1n) is 10.7. The average molecular weight is 487 g/mol. The van der Waals surface area contributed by atoms with E-state index in [0.29, 0.717) is 4.90 Å². The molecule has 26 heavy (non-hydrogen) atoms. The molecule has 0 N–H and O–H groups in total. The Kier molecular flexibility index (Phi) is 10.8. The van der Waals surface area contributed by atoms with Gasteiger partial charge in [-0.2, -0.15) is 0 Å². The van der Waals surface area contributed by atoms with Crippen molar-refractivity contribution in [3.05, 3.63) is 29.8 Å². The van der Waals surface area contributed by atoms with E-state index in [4.69, 9.17) is 0 Å². The molecule has 0 spiro atoms. The third kappa shape index (κ3) is 6.25. The summed E-state index contributed by atoms with van der Waals surface area (Å²) in [5.41, 5.74) is 1.12. The van der Waals surface area contributed by atoms with Crippen LogP contribution in [0.25, 0.3) is 0 Å². The molecule has 0 saturated carbocycles. The van der Waals surface area contributed by atoms with Gasteiger partial charge in [-0.15, -0.1) is 0 Å². The van der Waals surface area contributed by atoms with Crippen LogP contribution in [0.2, 0.25) is 13.3 Å². The Balaban J connectivity index is 3.36. The van der Waals surface area contributed by atoms with Crippen molar-refractivity contribution in [3.8, 4) is 0 Å². The van der Waals surface area contributed by atoms with E-state index in [-0.39, 0.29) is 3.27 Å². The fraction of sp³-hybridized carbons (Fsp3) is 0.727. The van der Waals surface area contributed by atoms with E-state index >= 15 is 0 Å². The van der Waals surface area contributed by atoms with Crippen molar-refractivity contribution >= 4 is 28.2 Å². The van der Waals surface area contributed by atoms with E-state index in [1.807, 2.05) is 31.2 Å². The summed E-state index contributed by atoms with van der Waals surface area (Å²) in [6, 6.07) is 7.56. The molecule has 0 saturated heterocycles. The summed E-state index contributed by atoms with van der Waals surface area (Å²) in [7, 11) is -3.22. The standard InChI is InChI=1S/C10H13O2S.3C4H9.Sn/c1-3-8-13(11,12)10-6-4-9(2)5-7-10;3*1-3-4-2;/h4-8H,3H2,1-2H3;3*1,3-4H2,2H3;. The predicted molar refractivity (Wildman–Crippen MR) is 117 cm³/mol. The summed E-state index contributed by atoms with van der Waals surface area (Å²) >= 11 is -2.84. The molecule has 1 atom stereocenters. The van der Waals surface area contributed by atoms with Crippen LogP contribution < -0.4 is 0 Å². The summed E-state index contributed by atoms with van der Waals surface area (Å²) in [5.74, 6) is 0. The Labute approximate surface area is 167 Å². The normalized spacial score (nSPS) is 13.7. The summed E-state index contributed by atoms with van der Waals surface area (Å²) < 4.78 is 31.0. The van der Waals surface area contributed by atoms with Crippen molar-refractivity contribution in [2.45, 2.75) is 101 Å². The third-order valence-electron chi connectivity index (χ3n) is 5.86. The van der Waals surface area contributed by atoms with Crippen molar-refractivity contribution in [1.29, 1.82) is 0 Å². The molecule has 0 bridgehead atoms. The molecule has 0 radical (unpaired) electrons. The predicted octanol–water partition coefficient (Wildman–Crippen LogP) is 6.94. The van der Waals surface area contributed by atoms with E-state index in [1.54, 1.807) is 0 Å². The Morgan fingerprint density at radius 1 is 0.808 bits per heavy atom. The number of rotatable bonds is 13. The van der Waals surface area contributed by atoms with Gasteiger partial charge in [0.05, 0.1) is 0 Å². The molecule has 0 aliphatic carbocycles. The number of sulfone groups is 1. The van der Waals surface area contributed by atoms with Gasteiger partial charge < -0.3 is 0 Å². The van der Waals surface area contributed by atoms with Gasteiger partial charge in [-0.1, -0.05) is 0 Å². The number of unbranched alkanes of at least 4 members (excludes halogenated alkanes) is 3. The molecule has 0 aliphatic rings. The van der Waals surface area contributed by atoms with Crippen molar-refractivity contribution in [2.24, 2.45) is 0 Å². The van der Waals surface area contributed by atoms with Crippen LogP contribution >= 0.6 is 0 Å². The molecule has 0 amide bonds. The van der Waals surface area contributed by atoms with Gasteiger partial charge in [-0.25, -0.2) is 0 Å². The van der Waals surface area contributed by atoms with E-state index in [0.717, 1.165) is 12.0 Å². The topological polar surface area (TPSA) is 34.1 Å². The summed E-state index contributed by atoms with van der Waals surface area (Å²) in [5, 5.41) is 0. The van der Waals surface area contributed by atoms with Crippen LogP contribution in [0.15, 0.2) is 29.2 Å². The Morgan fingerprint density at radius 3 is 1.58 bits per heavy atom. The van der Waals surface area contributed by atoms with Crippen molar-refractivity contribution in [1.82, 2.24) is 0 Å². The first-order chi connectivity index (χ1) is 12.4. The van der Waals surface area contributed by atoms with Crippen LogP contribution in [0, 0.1) is 6.92 Å². The molecule has 0 aliphatic heterocycles. The van der Waals surface area contributed by atoms with Gasteiger partial charge in [0, 0.05) is 0 Å². The zero-order valence-electron chi connectivity index (χ0n) is 17.7. The number of aryl methyl sites for hydroxylation is 1. The second-order valence-electron chi connectivity index (χ2n) is 7.93. The van der Waals surface area contributed by atoms with Crippen LogP contribution in [-0.2, 0) is 9.84 Å². The third-order valence-corrected chi connectivity index (χ3v) is 30.5. The van der Waals surface area contributed by atoms with Crippen LogP contribution in [-0.4, -0.2) is 30.1 Å². The Bertz CT molecular complexity index is 586. The Hall–Kier alpha value is -0.0313. The number of hydrogen-bond acceptors (Lipinski definition) is 2. The summed E-state index contributed by atoms with van der Waals surface area (Å²) in [4.78, 5) is 0.556. The van der Waals surface area contributed by atoms with Crippen LogP contribution in [0.1, 0.15) is 78.2 Å².